The number of amides is 3. The molecule has 4 rings (SSSR count). The molecule has 2 aromatic rings. The SMILES string of the molecule is CC[C@@H]1CN(C(=O)N2CCC(C(=O)NCCc3ccc(C)cc3)CC2)c2ccccc2O1. The minimum atomic E-state index is -0.0302. The van der Waals surface area contributed by atoms with Crippen molar-refractivity contribution < 1.29 is 14.3 Å². The molecule has 2 aromatic carbocycles. The van der Waals surface area contributed by atoms with Crippen LogP contribution in [0.1, 0.15) is 37.3 Å². The van der Waals surface area contributed by atoms with Gasteiger partial charge in [-0.05, 0) is 50.3 Å². The number of fused-ring (bicyclic) bond motifs is 1. The van der Waals surface area contributed by atoms with Gasteiger partial charge >= 0.3 is 6.03 Å². The Balaban J connectivity index is 1.28. The zero-order valence-corrected chi connectivity index (χ0v) is 19.0. The maximum Gasteiger partial charge on any atom is 0.324 e. The summed E-state index contributed by atoms with van der Waals surface area (Å²) in [4.78, 5) is 29.6. The smallest absolute Gasteiger partial charge is 0.324 e. The fourth-order valence-electron chi connectivity index (χ4n) is 4.42. The van der Waals surface area contributed by atoms with Crippen LogP contribution >= 0.6 is 0 Å². The average molecular weight is 436 g/mol. The van der Waals surface area contributed by atoms with Gasteiger partial charge in [0, 0.05) is 25.6 Å². The van der Waals surface area contributed by atoms with Crippen molar-refractivity contribution in [2.45, 2.75) is 45.6 Å². The Bertz CT molecular complexity index is 936. The van der Waals surface area contributed by atoms with Gasteiger partial charge in [0.2, 0.25) is 5.91 Å². The quantitative estimate of drug-likeness (QED) is 0.767. The maximum absolute atomic E-state index is 13.3. The topological polar surface area (TPSA) is 61.9 Å². The molecule has 3 amide bonds. The lowest BCUT2D eigenvalue weighted by Gasteiger charge is -2.39. The van der Waals surface area contributed by atoms with Crippen molar-refractivity contribution in [3.05, 3.63) is 59.7 Å². The molecule has 170 valence electrons. The van der Waals surface area contributed by atoms with Crippen LogP contribution in [0.15, 0.2) is 48.5 Å². The number of likely N-dealkylation sites (tertiary alicyclic amines) is 1. The number of ether oxygens (including phenoxy) is 1. The molecule has 0 saturated carbocycles. The van der Waals surface area contributed by atoms with Crippen LogP contribution in [-0.2, 0) is 11.2 Å². The Hall–Kier alpha value is -3.02. The molecule has 0 spiro atoms. The molecule has 1 saturated heterocycles. The van der Waals surface area contributed by atoms with Gasteiger partial charge in [-0.25, -0.2) is 4.79 Å². The van der Waals surface area contributed by atoms with Crippen LogP contribution in [0.25, 0.3) is 0 Å². The molecule has 0 aromatic heterocycles. The summed E-state index contributed by atoms with van der Waals surface area (Å²) in [6, 6.07) is 16.1. The lowest BCUT2D eigenvalue weighted by Crippen LogP contribution is -2.52. The van der Waals surface area contributed by atoms with Crippen molar-refractivity contribution in [3.8, 4) is 5.75 Å². The molecular formula is C26H33N3O3. The number of aryl methyl sites for hydroxylation is 1. The van der Waals surface area contributed by atoms with Crippen LogP contribution in [-0.4, -0.2) is 49.1 Å². The second-order valence-electron chi connectivity index (χ2n) is 8.80. The van der Waals surface area contributed by atoms with Crippen molar-refractivity contribution in [3.63, 3.8) is 0 Å². The maximum atomic E-state index is 13.3. The second-order valence-corrected chi connectivity index (χ2v) is 8.80. The number of piperidine rings is 1. The Labute approximate surface area is 190 Å². The number of benzene rings is 2. The number of nitrogens with one attached hydrogen (secondary N) is 1. The zero-order valence-electron chi connectivity index (χ0n) is 19.0. The van der Waals surface area contributed by atoms with E-state index in [1.807, 2.05) is 34.1 Å². The number of hydrogen-bond acceptors (Lipinski definition) is 3. The summed E-state index contributed by atoms with van der Waals surface area (Å²) in [5.41, 5.74) is 3.30. The largest absolute Gasteiger partial charge is 0.486 e. The van der Waals surface area contributed by atoms with E-state index < -0.39 is 0 Å². The minimum Gasteiger partial charge on any atom is -0.486 e. The standard InChI is InChI=1S/C26H33N3O3/c1-3-22-18-29(23-6-4-5-7-24(23)32-22)26(31)28-16-13-21(14-17-28)25(30)27-15-12-20-10-8-19(2)9-11-20/h4-11,21-22H,3,12-18H2,1-2H3,(H,27,30)/t22-/m1/s1. The highest BCUT2D eigenvalue weighted by atomic mass is 16.5. The third kappa shape index (κ3) is 5.06. The van der Waals surface area contributed by atoms with Crippen LogP contribution in [0.3, 0.4) is 0 Å². The number of carbonyl (C=O) groups is 2. The number of rotatable bonds is 5. The van der Waals surface area contributed by atoms with Gasteiger partial charge < -0.3 is 15.0 Å². The van der Waals surface area contributed by atoms with Gasteiger partial charge in [0.1, 0.15) is 11.9 Å². The number of para-hydroxylation sites is 2. The molecule has 32 heavy (non-hydrogen) atoms. The summed E-state index contributed by atoms with van der Waals surface area (Å²) in [6.45, 7) is 6.55. The van der Waals surface area contributed by atoms with Crippen LogP contribution < -0.4 is 15.0 Å². The minimum absolute atomic E-state index is 0.00527. The van der Waals surface area contributed by atoms with Gasteiger partial charge in [0.05, 0.1) is 12.2 Å². The summed E-state index contributed by atoms with van der Waals surface area (Å²) in [5.74, 6) is 0.839. The lowest BCUT2D eigenvalue weighted by molar-refractivity contribution is -0.126. The lowest BCUT2D eigenvalue weighted by atomic mass is 9.96. The summed E-state index contributed by atoms with van der Waals surface area (Å²) in [6.07, 6.45) is 3.09. The third-order valence-electron chi connectivity index (χ3n) is 6.49. The van der Waals surface area contributed by atoms with Gasteiger partial charge in [-0.15, -0.1) is 0 Å². The second kappa shape index (κ2) is 10.1. The predicted molar refractivity (Wildman–Crippen MR) is 126 cm³/mol. The van der Waals surface area contributed by atoms with Gasteiger partial charge in [-0.3, -0.25) is 9.69 Å². The van der Waals surface area contributed by atoms with Gasteiger partial charge in [0.25, 0.3) is 0 Å². The summed E-state index contributed by atoms with van der Waals surface area (Å²) in [7, 11) is 0. The molecule has 1 fully saturated rings. The molecule has 6 heteroatoms. The molecule has 2 aliphatic rings. The van der Waals surface area contributed by atoms with Gasteiger partial charge in [-0.2, -0.15) is 0 Å². The van der Waals surface area contributed by atoms with E-state index in [9.17, 15) is 9.59 Å². The fraction of sp³-hybridized carbons (Fsp3) is 0.462. The Morgan fingerprint density at radius 1 is 1.06 bits per heavy atom. The number of carbonyl (C=O) groups excluding carboxylic acids is 2. The van der Waals surface area contributed by atoms with E-state index in [0.29, 0.717) is 39.0 Å². The molecular weight excluding hydrogens is 402 g/mol. The zero-order chi connectivity index (χ0) is 22.5. The third-order valence-corrected chi connectivity index (χ3v) is 6.49. The number of nitrogens with zero attached hydrogens (tertiary/aromatic N) is 2. The summed E-state index contributed by atoms with van der Waals surface area (Å²) < 4.78 is 6.01. The molecule has 2 aliphatic heterocycles. The molecule has 0 aliphatic carbocycles. The number of anilines is 1. The van der Waals surface area contributed by atoms with Crippen molar-refractivity contribution in [1.82, 2.24) is 10.2 Å². The molecule has 2 heterocycles. The Morgan fingerprint density at radius 2 is 1.78 bits per heavy atom. The molecule has 1 N–H and O–H groups in total. The molecule has 0 unspecified atom stereocenters. The van der Waals surface area contributed by atoms with Gasteiger partial charge in [0.15, 0.2) is 0 Å². The summed E-state index contributed by atoms with van der Waals surface area (Å²) in [5, 5.41) is 3.08. The highest BCUT2D eigenvalue weighted by molar-refractivity contribution is 5.94. The predicted octanol–water partition coefficient (Wildman–Crippen LogP) is 4.16. The van der Waals surface area contributed by atoms with E-state index in [1.54, 1.807) is 0 Å². The van der Waals surface area contributed by atoms with Crippen molar-refractivity contribution in [2.75, 3.05) is 31.1 Å². The first-order valence-electron chi connectivity index (χ1n) is 11.7. The van der Waals surface area contributed by atoms with Crippen molar-refractivity contribution >= 4 is 17.6 Å². The van der Waals surface area contributed by atoms with E-state index >= 15 is 0 Å². The number of urea groups is 1. The Morgan fingerprint density at radius 3 is 2.50 bits per heavy atom. The van der Waals surface area contributed by atoms with E-state index in [1.165, 1.54) is 11.1 Å². The van der Waals surface area contributed by atoms with Crippen LogP contribution in [0, 0.1) is 12.8 Å². The van der Waals surface area contributed by atoms with Crippen molar-refractivity contribution in [2.24, 2.45) is 5.92 Å². The average Bonchev–Trinajstić information content (AvgIpc) is 2.84. The highest BCUT2D eigenvalue weighted by Gasteiger charge is 2.34. The number of hydrogen-bond donors (Lipinski definition) is 1. The van der Waals surface area contributed by atoms with E-state index in [4.69, 9.17) is 4.74 Å². The van der Waals surface area contributed by atoms with Crippen LogP contribution in [0.4, 0.5) is 10.5 Å². The highest BCUT2D eigenvalue weighted by Crippen LogP contribution is 2.35. The van der Waals surface area contributed by atoms with Crippen LogP contribution in [0.5, 0.6) is 5.75 Å². The van der Waals surface area contributed by atoms with E-state index in [2.05, 4.69) is 43.4 Å². The first kappa shape index (κ1) is 22.2. The van der Waals surface area contributed by atoms with Crippen molar-refractivity contribution in [1.29, 1.82) is 0 Å². The molecule has 0 bridgehead atoms. The van der Waals surface area contributed by atoms with Crippen LogP contribution in [0.2, 0.25) is 0 Å². The monoisotopic (exact) mass is 435 g/mol. The van der Waals surface area contributed by atoms with E-state index in [0.717, 1.165) is 24.3 Å². The fourth-order valence-corrected chi connectivity index (χ4v) is 4.42. The first-order valence-corrected chi connectivity index (χ1v) is 11.7. The summed E-state index contributed by atoms with van der Waals surface area (Å²) >= 11 is 0. The molecule has 0 radical (unpaired) electrons. The van der Waals surface area contributed by atoms with Gasteiger partial charge in [-0.1, -0.05) is 48.9 Å². The molecule has 1 atom stereocenters. The van der Waals surface area contributed by atoms with E-state index in [-0.39, 0.29) is 24.0 Å². The normalized spacial score (nSPS) is 18.6. The first-order chi connectivity index (χ1) is 15.5. The Kier molecular flexibility index (Phi) is 6.98. The molecule has 6 nitrogen and oxygen atoms in total.